The number of aromatic nitrogens is 2. The normalized spacial score (nSPS) is 10.7. The summed E-state index contributed by atoms with van der Waals surface area (Å²) < 4.78 is 1.74. The summed E-state index contributed by atoms with van der Waals surface area (Å²) in [6.07, 6.45) is 2.36. The van der Waals surface area contributed by atoms with E-state index in [2.05, 4.69) is 42.2 Å². The molecule has 1 aromatic carbocycles. The molecule has 0 amide bonds. The van der Waals surface area contributed by atoms with Crippen LogP contribution in [0.15, 0.2) is 42.6 Å². The fourth-order valence-electron chi connectivity index (χ4n) is 2.21. The van der Waals surface area contributed by atoms with Crippen LogP contribution in [0.25, 0.3) is 5.65 Å². The number of benzene rings is 1. The summed E-state index contributed by atoms with van der Waals surface area (Å²) in [4.78, 5) is 4.52. The van der Waals surface area contributed by atoms with Crippen molar-refractivity contribution in [3.05, 3.63) is 70.1 Å². The first-order valence-corrected chi connectivity index (χ1v) is 6.67. The number of nitrogens with zero attached hydrogens (tertiary/aromatic N) is 3. The minimum atomic E-state index is 0.545. The molecule has 0 unspecified atom stereocenters. The molecule has 0 radical (unpaired) electrons. The number of fused-ring (bicyclic) bond motifs is 1. The Morgan fingerprint density at radius 1 is 1.20 bits per heavy atom. The Morgan fingerprint density at radius 2 is 1.95 bits per heavy atom. The molecular formula is C16H12ClN3. The Kier molecular flexibility index (Phi) is 3.17. The van der Waals surface area contributed by atoms with Crippen LogP contribution in [0.4, 0.5) is 0 Å². The van der Waals surface area contributed by atoms with Crippen LogP contribution in [-0.2, 0) is 6.42 Å². The van der Waals surface area contributed by atoms with Gasteiger partial charge in [0.1, 0.15) is 17.4 Å². The van der Waals surface area contributed by atoms with E-state index in [-0.39, 0.29) is 0 Å². The molecule has 98 valence electrons. The number of hydrogen-bond acceptors (Lipinski definition) is 2. The molecule has 0 atom stereocenters. The number of rotatable bonds is 2. The summed E-state index contributed by atoms with van der Waals surface area (Å²) in [5.41, 5.74) is 4.42. The first-order valence-electron chi connectivity index (χ1n) is 6.29. The molecule has 3 aromatic rings. The fourth-order valence-corrected chi connectivity index (χ4v) is 2.37. The Labute approximate surface area is 122 Å². The van der Waals surface area contributed by atoms with Gasteiger partial charge < -0.3 is 0 Å². The van der Waals surface area contributed by atoms with Crippen LogP contribution in [-0.4, -0.2) is 9.38 Å². The third kappa shape index (κ3) is 2.26. The number of imidazole rings is 1. The van der Waals surface area contributed by atoms with E-state index < -0.39 is 0 Å². The minimum absolute atomic E-state index is 0.545. The Balaban J connectivity index is 2.07. The molecule has 0 aliphatic heterocycles. The van der Waals surface area contributed by atoms with Gasteiger partial charge in [-0.1, -0.05) is 41.4 Å². The molecule has 0 aliphatic rings. The van der Waals surface area contributed by atoms with Crippen LogP contribution >= 0.6 is 11.6 Å². The predicted octanol–water partition coefficient (Wildman–Crippen LogP) is 3.76. The van der Waals surface area contributed by atoms with Gasteiger partial charge in [0.2, 0.25) is 0 Å². The van der Waals surface area contributed by atoms with Crippen LogP contribution in [0.3, 0.4) is 0 Å². The maximum absolute atomic E-state index is 9.36. The molecule has 0 saturated heterocycles. The lowest BCUT2D eigenvalue weighted by Gasteiger charge is -2.00. The van der Waals surface area contributed by atoms with Crippen molar-refractivity contribution >= 4 is 17.2 Å². The Bertz CT molecular complexity index is 810. The highest BCUT2D eigenvalue weighted by atomic mass is 35.5. The summed E-state index contributed by atoms with van der Waals surface area (Å²) in [6, 6.07) is 14.1. The van der Waals surface area contributed by atoms with Gasteiger partial charge in [-0.05, 0) is 24.6 Å². The van der Waals surface area contributed by atoms with Crippen molar-refractivity contribution in [3.63, 3.8) is 0 Å². The highest BCUT2D eigenvalue weighted by molar-refractivity contribution is 6.30. The van der Waals surface area contributed by atoms with E-state index in [9.17, 15) is 5.26 Å². The summed E-state index contributed by atoms with van der Waals surface area (Å²) >= 11 is 5.98. The van der Waals surface area contributed by atoms with Crippen LogP contribution in [0.1, 0.15) is 22.5 Å². The molecule has 0 aliphatic carbocycles. The summed E-state index contributed by atoms with van der Waals surface area (Å²) in [5.74, 6) is 0. The third-order valence-corrected chi connectivity index (χ3v) is 3.48. The van der Waals surface area contributed by atoms with E-state index in [0.29, 0.717) is 17.1 Å². The topological polar surface area (TPSA) is 41.1 Å². The van der Waals surface area contributed by atoms with Crippen LogP contribution < -0.4 is 0 Å². The minimum Gasteiger partial charge on any atom is -0.290 e. The fraction of sp³-hybridized carbons (Fsp3) is 0.125. The molecule has 0 bridgehead atoms. The van der Waals surface area contributed by atoms with E-state index in [1.54, 1.807) is 16.7 Å². The quantitative estimate of drug-likeness (QED) is 0.718. The predicted molar refractivity (Wildman–Crippen MR) is 78.9 cm³/mol. The van der Waals surface area contributed by atoms with Crippen molar-refractivity contribution in [1.82, 2.24) is 9.38 Å². The number of hydrogen-bond donors (Lipinski definition) is 0. The van der Waals surface area contributed by atoms with Gasteiger partial charge >= 0.3 is 0 Å². The number of pyridine rings is 1. The smallest absolute Gasteiger partial charge is 0.148 e. The summed E-state index contributed by atoms with van der Waals surface area (Å²) in [6.45, 7) is 2.05. The Hall–Kier alpha value is -2.31. The molecule has 2 aromatic heterocycles. The van der Waals surface area contributed by atoms with Gasteiger partial charge in [0, 0.05) is 12.6 Å². The standard InChI is InChI=1S/C16H12ClN3/c1-11-2-4-12(5-3-11)8-14-15(9-18)20-10-13(17)6-7-16(20)19-14/h2-7,10H,8H2,1H3. The average molecular weight is 282 g/mol. The van der Waals surface area contributed by atoms with Gasteiger partial charge in [0.25, 0.3) is 0 Å². The first-order chi connectivity index (χ1) is 9.67. The average Bonchev–Trinajstić information content (AvgIpc) is 2.78. The molecule has 3 nitrogen and oxygen atoms in total. The summed E-state index contributed by atoms with van der Waals surface area (Å²) in [7, 11) is 0. The van der Waals surface area contributed by atoms with Gasteiger partial charge in [-0.25, -0.2) is 4.98 Å². The lowest BCUT2D eigenvalue weighted by atomic mass is 10.1. The van der Waals surface area contributed by atoms with Gasteiger partial charge in [-0.3, -0.25) is 4.40 Å². The molecule has 3 rings (SSSR count). The first kappa shape index (κ1) is 12.7. The zero-order chi connectivity index (χ0) is 14.1. The van der Waals surface area contributed by atoms with E-state index in [1.807, 2.05) is 6.07 Å². The van der Waals surface area contributed by atoms with E-state index >= 15 is 0 Å². The van der Waals surface area contributed by atoms with Crippen LogP contribution in [0, 0.1) is 18.3 Å². The lowest BCUT2D eigenvalue weighted by molar-refractivity contribution is 1.09. The third-order valence-electron chi connectivity index (χ3n) is 3.25. The SMILES string of the molecule is Cc1ccc(Cc2nc3ccc(Cl)cn3c2C#N)cc1. The van der Waals surface area contributed by atoms with Crippen molar-refractivity contribution in [3.8, 4) is 6.07 Å². The van der Waals surface area contributed by atoms with E-state index in [4.69, 9.17) is 11.6 Å². The van der Waals surface area contributed by atoms with Gasteiger partial charge in [0.15, 0.2) is 0 Å². The van der Waals surface area contributed by atoms with Gasteiger partial charge in [-0.15, -0.1) is 0 Å². The van der Waals surface area contributed by atoms with Crippen molar-refractivity contribution in [2.75, 3.05) is 0 Å². The maximum Gasteiger partial charge on any atom is 0.148 e. The highest BCUT2D eigenvalue weighted by Crippen LogP contribution is 2.19. The number of halogens is 1. The maximum atomic E-state index is 9.36. The largest absolute Gasteiger partial charge is 0.290 e. The van der Waals surface area contributed by atoms with Crippen molar-refractivity contribution in [2.45, 2.75) is 13.3 Å². The lowest BCUT2D eigenvalue weighted by Crippen LogP contribution is -1.93. The van der Waals surface area contributed by atoms with Crippen molar-refractivity contribution in [1.29, 1.82) is 5.26 Å². The van der Waals surface area contributed by atoms with E-state index in [1.165, 1.54) is 5.56 Å². The number of nitriles is 1. The summed E-state index contributed by atoms with van der Waals surface area (Å²) in [5, 5.41) is 9.96. The molecular weight excluding hydrogens is 270 g/mol. The highest BCUT2D eigenvalue weighted by Gasteiger charge is 2.12. The molecule has 4 heteroatoms. The van der Waals surface area contributed by atoms with Crippen LogP contribution in [0.5, 0.6) is 0 Å². The molecule has 0 saturated carbocycles. The van der Waals surface area contributed by atoms with Crippen molar-refractivity contribution in [2.24, 2.45) is 0 Å². The molecule has 20 heavy (non-hydrogen) atoms. The zero-order valence-corrected chi connectivity index (χ0v) is 11.7. The molecule has 0 spiro atoms. The second-order valence-electron chi connectivity index (χ2n) is 4.76. The second-order valence-corrected chi connectivity index (χ2v) is 5.19. The van der Waals surface area contributed by atoms with Crippen LogP contribution in [0.2, 0.25) is 5.02 Å². The van der Waals surface area contributed by atoms with Crippen molar-refractivity contribution < 1.29 is 0 Å². The Morgan fingerprint density at radius 3 is 2.65 bits per heavy atom. The number of aryl methyl sites for hydroxylation is 1. The molecule has 0 N–H and O–H groups in total. The molecule has 2 heterocycles. The van der Waals surface area contributed by atoms with E-state index in [0.717, 1.165) is 16.9 Å². The van der Waals surface area contributed by atoms with Gasteiger partial charge in [-0.2, -0.15) is 5.26 Å². The monoisotopic (exact) mass is 281 g/mol. The zero-order valence-electron chi connectivity index (χ0n) is 11.0. The van der Waals surface area contributed by atoms with Gasteiger partial charge in [0.05, 0.1) is 10.7 Å². The molecule has 0 fully saturated rings. The second kappa shape index (κ2) is 4.99.